The van der Waals surface area contributed by atoms with Crippen LogP contribution in [0.15, 0.2) is 0 Å². The van der Waals surface area contributed by atoms with Crippen LogP contribution in [-0.4, -0.2) is 8.41 Å². The second-order valence-corrected chi connectivity index (χ2v) is 0. The van der Waals surface area contributed by atoms with Gasteiger partial charge in [0.25, 0.3) is 0 Å². The Balaban J connectivity index is 0. The van der Waals surface area contributed by atoms with Gasteiger partial charge >= 0.3 is 0 Å². The summed E-state index contributed by atoms with van der Waals surface area (Å²) in [5.41, 5.74) is 0. The average molecular weight is 165 g/mol. The van der Waals surface area contributed by atoms with Crippen LogP contribution in [0.3, 0.4) is 0 Å². The zero-order valence-electron chi connectivity index (χ0n) is 1.34. The molecule has 0 N–H and O–H groups in total. The quantitative estimate of drug-likeness (QED) is 0.315. The molecule has 0 aliphatic heterocycles. The summed E-state index contributed by atoms with van der Waals surface area (Å²) in [6, 6.07) is 0. The van der Waals surface area contributed by atoms with Crippen molar-refractivity contribution in [3.8, 4) is 0 Å². The largest absolute Gasteiger partial charge is 0.153 e. The zero-order chi connectivity index (χ0) is 0. The van der Waals surface area contributed by atoms with Crippen molar-refractivity contribution in [2.75, 3.05) is 0 Å². The minimum absolute atomic E-state index is 0. The third-order valence-corrected chi connectivity index (χ3v) is 0. The molecule has 0 nitrogen and oxygen atoms in total. The van der Waals surface area contributed by atoms with Crippen molar-refractivity contribution in [3.63, 3.8) is 0 Å². The molecule has 0 heterocycles. The standard InChI is InChI=1S/BH3.2Ni.H3P/h1H3;;;1H3. The first-order valence-corrected chi connectivity index (χ1v) is 0. The first-order valence-electron chi connectivity index (χ1n) is 0. The molecule has 1 unspecified atom stereocenters. The van der Waals surface area contributed by atoms with Crippen molar-refractivity contribution in [1.29, 1.82) is 0 Å². The van der Waals surface area contributed by atoms with Gasteiger partial charge in [0.1, 0.15) is 0 Å². The Morgan fingerprint density at radius 1 is 0.750 bits per heavy atom. The van der Waals surface area contributed by atoms with Gasteiger partial charge in [0.2, 0.25) is 0 Å². The molecule has 4 heteroatoms. The van der Waals surface area contributed by atoms with Crippen LogP contribution in [0.2, 0.25) is 0 Å². The second kappa shape index (κ2) is 24.7. The minimum atomic E-state index is 0. The maximum absolute atomic E-state index is 0. The van der Waals surface area contributed by atoms with Crippen molar-refractivity contribution in [1.82, 2.24) is 0 Å². The molecule has 0 bridgehead atoms. The van der Waals surface area contributed by atoms with E-state index >= 15 is 0 Å². The third kappa shape index (κ3) is 9.77. The molecule has 0 amide bonds. The minimum Gasteiger partial charge on any atom is -0.153 e. The molecule has 0 rings (SSSR count). The fourth-order valence-corrected chi connectivity index (χ4v) is 0. The van der Waals surface area contributed by atoms with Gasteiger partial charge in [-0.1, -0.05) is 0 Å². The average Bonchev–Trinajstić information content (AvgIpc) is 0. The van der Waals surface area contributed by atoms with Crippen LogP contribution in [0.1, 0.15) is 0 Å². The Bertz CT molecular complexity index is 6.00. The van der Waals surface area contributed by atoms with Gasteiger partial charge in [-0.3, -0.25) is 0 Å². The summed E-state index contributed by atoms with van der Waals surface area (Å²) in [5, 5.41) is 0. The van der Waals surface area contributed by atoms with E-state index in [9.17, 15) is 0 Å². The van der Waals surface area contributed by atoms with E-state index < -0.39 is 0 Å². The summed E-state index contributed by atoms with van der Waals surface area (Å²) in [4.78, 5) is 0. The van der Waals surface area contributed by atoms with E-state index in [0.717, 1.165) is 0 Å². The van der Waals surface area contributed by atoms with Gasteiger partial charge in [-0.2, -0.15) is 9.90 Å². The number of hydrogen-bond donors (Lipinski definition) is 0. The SMILES string of the molecule is B.P.[Ni].[Ni]. The number of hydrogen-bond acceptors (Lipinski definition) is 0. The third-order valence-electron chi connectivity index (χ3n) is 0. The first-order chi connectivity index (χ1) is 0. The molecule has 0 aliphatic rings. The van der Waals surface area contributed by atoms with Crippen LogP contribution in [0, 0.1) is 0 Å². The predicted molar refractivity (Wildman–Crippen MR) is 21.0 cm³/mol. The van der Waals surface area contributed by atoms with E-state index in [1.807, 2.05) is 0 Å². The Kier molecular flexibility index (Phi) is 310. The second-order valence-electron chi connectivity index (χ2n) is 0. The van der Waals surface area contributed by atoms with Crippen LogP contribution in [-0.2, 0) is 33.0 Å². The maximum atomic E-state index is 0. The van der Waals surface area contributed by atoms with Crippen LogP contribution < -0.4 is 0 Å². The van der Waals surface area contributed by atoms with Gasteiger partial charge in [-0.15, -0.1) is 0 Å². The van der Waals surface area contributed by atoms with E-state index in [1.54, 1.807) is 0 Å². The smallest absolute Gasteiger partial charge is 0.0814 e. The van der Waals surface area contributed by atoms with Crippen molar-refractivity contribution in [3.05, 3.63) is 0 Å². The zero-order valence-corrected chi connectivity index (χ0v) is 4.73. The Morgan fingerprint density at radius 3 is 0.750 bits per heavy atom. The molecule has 34 valence electrons. The summed E-state index contributed by atoms with van der Waals surface area (Å²) in [6.45, 7) is 0. The van der Waals surface area contributed by atoms with Gasteiger partial charge in [-0.05, 0) is 0 Å². The summed E-state index contributed by atoms with van der Waals surface area (Å²) >= 11 is 0. The molecule has 0 aromatic carbocycles. The molecule has 0 saturated heterocycles. The van der Waals surface area contributed by atoms with E-state index in [0.29, 0.717) is 0 Å². The molecule has 0 aliphatic carbocycles. The van der Waals surface area contributed by atoms with Crippen LogP contribution in [0.25, 0.3) is 0 Å². The molecule has 0 fully saturated rings. The molecule has 0 spiro atoms. The molecule has 0 aromatic heterocycles. The molecule has 4 heavy (non-hydrogen) atoms. The van der Waals surface area contributed by atoms with Crippen molar-refractivity contribution < 1.29 is 33.0 Å². The molecular weight excluding hydrogens is 159 g/mol. The topological polar surface area (TPSA) is 0 Å². The molecule has 0 saturated carbocycles. The van der Waals surface area contributed by atoms with E-state index in [4.69, 9.17) is 0 Å². The fraction of sp³-hybridized carbons (Fsp3) is 0. The summed E-state index contributed by atoms with van der Waals surface area (Å²) in [5.74, 6) is 0. The molecule has 0 aromatic rings. The van der Waals surface area contributed by atoms with Gasteiger partial charge in [0.05, 0.1) is 8.41 Å². The van der Waals surface area contributed by atoms with Gasteiger partial charge in [-0.25, -0.2) is 0 Å². The van der Waals surface area contributed by atoms with Crippen LogP contribution in [0.4, 0.5) is 0 Å². The van der Waals surface area contributed by atoms with E-state index in [1.165, 1.54) is 0 Å². The summed E-state index contributed by atoms with van der Waals surface area (Å²) < 4.78 is 0. The van der Waals surface area contributed by atoms with Crippen LogP contribution >= 0.6 is 9.90 Å². The first kappa shape index (κ1) is 50.1. The summed E-state index contributed by atoms with van der Waals surface area (Å²) in [7, 11) is 0. The van der Waals surface area contributed by atoms with Gasteiger partial charge in [0.15, 0.2) is 0 Å². The Hall–Kier alpha value is 1.48. The maximum Gasteiger partial charge on any atom is 0.0814 e. The van der Waals surface area contributed by atoms with Gasteiger partial charge in [0, 0.05) is 33.0 Å². The van der Waals surface area contributed by atoms with Crippen molar-refractivity contribution >= 4 is 18.3 Å². The Labute approximate surface area is 51.5 Å². The number of rotatable bonds is 0. The van der Waals surface area contributed by atoms with E-state index in [-0.39, 0.29) is 51.3 Å². The van der Waals surface area contributed by atoms with E-state index in [2.05, 4.69) is 0 Å². The summed E-state index contributed by atoms with van der Waals surface area (Å²) in [6.07, 6.45) is 0. The molecule has 1 atom stereocenters. The van der Waals surface area contributed by atoms with Crippen LogP contribution in [0.5, 0.6) is 0 Å². The fourth-order valence-electron chi connectivity index (χ4n) is 0. The van der Waals surface area contributed by atoms with Crippen molar-refractivity contribution in [2.45, 2.75) is 0 Å². The Morgan fingerprint density at radius 2 is 0.750 bits per heavy atom. The van der Waals surface area contributed by atoms with Gasteiger partial charge < -0.3 is 0 Å². The molecule has 0 radical (unpaired) electrons. The predicted octanol–water partition coefficient (Wildman–Crippen LogP) is -1.13. The van der Waals surface area contributed by atoms with Crippen molar-refractivity contribution in [2.24, 2.45) is 0 Å². The molecular formula is H6BNi2P. The monoisotopic (exact) mass is 164 g/mol. The normalized spacial score (nSPS) is 0.